The Balaban J connectivity index is 2.12. The number of benzene rings is 2. The predicted molar refractivity (Wildman–Crippen MR) is 93.0 cm³/mol. The van der Waals surface area contributed by atoms with Crippen LogP contribution in [0.1, 0.15) is 5.82 Å². The molecule has 0 atom stereocenters. The fourth-order valence-electron chi connectivity index (χ4n) is 1.87. The standard InChI is InChI=1S/C15H8BrCl3N2O/c16-9-5-7-10(8-6-9)22-13-11-3-1-2-4-12(11)20-14(21-13)15(17,18)19/h1-8H. The molecule has 0 aliphatic carbocycles. The fraction of sp³-hybridized carbons (Fsp3) is 0.0667. The second-order valence-electron chi connectivity index (χ2n) is 4.42. The highest BCUT2D eigenvalue weighted by molar-refractivity contribution is 9.10. The van der Waals surface area contributed by atoms with E-state index in [2.05, 4.69) is 25.9 Å². The van der Waals surface area contributed by atoms with Gasteiger partial charge < -0.3 is 4.74 Å². The maximum Gasteiger partial charge on any atom is 0.250 e. The molecule has 0 radical (unpaired) electrons. The number of aromatic nitrogens is 2. The topological polar surface area (TPSA) is 35.0 Å². The van der Waals surface area contributed by atoms with Gasteiger partial charge in [-0.15, -0.1) is 0 Å². The number of nitrogens with zero attached hydrogens (tertiary/aromatic N) is 2. The second kappa shape index (κ2) is 6.20. The molecule has 0 saturated heterocycles. The van der Waals surface area contributed by atoms with Crippen molar-refractivity contribution >= 4 is 61.6 Å². The normalized spacial score (nSPS) is 11.6. The summed E-state index contributed by atoms with van der Waals surface area (Å²) in [6.07, 6.45) is 0. The Morgan fingerprint density at radius 3 is 2.27 bits per heavy atom. The summed E-state index contributed by atoms with van der Waals surface area (Å²) >= 11 is 21.1. The summed E-state index contributed by atoms with van der Waals surface area (Å²) in [6, 6.07) is 14.8. The molecule has 7 heteroatoms. The van der Waals surface area contributed by atoms with Crippen molar-refractivity contribution in [2.45, 2.75) is 3.79 Å². The molecule has 0 unspecified atom stereocenters. The molecule has 0 saturated carbocycles. The molecule has 112 valence electrons. The van der Waals surface area contributed by atoms with Crippen molar-refractivity contribution in [1.29, 1.82) is 0 Å². The van der Waals surface area contributed by atoms with Gasteiger partial charge in [-0.3, -0.25) is 0 Å². The molecule has 3 rings (SSSR count). The van der Waals surface area contributed by atoms with Crippen LogP contribution in [0.2, 0.25) is 0 Å². The number of ether oxygens (including phenoxy) is 1. The molecule has 1 aromatic heterocycles. The minimum atomic E-state index is -1.72. The number of fused-ring (bicyclic) bond motifs is 1. The maximum atomic E-state index is 5.90. The van der Waals surface area contributed by atoms with Crippen molar-refractivity contribution in [3.8, 4) is 11.6 Å². The van der Waals surface area contributed by atoms with Crippen LogP contribution in [-0.2, 0) is 3.79 Å². The highest BCUT2D eigenvalue weighted by Crippen LogP contribution is 2.38. The van der Waals surface area contributed by atoms with Crippen LogP contribution >= 0.6 is 50.7 Å². The zero-order valence-electron chi connectivity index (χ0n) is 10.9. The Kier molecular flexibility index (Phi) is 4.46. The maximum absolute atomic E-state index is 5.90. The first-order chi connectivity index (χ1) is 10.4. The van der Waals surface area contributed by atoms with Gasteiger partial charge in [0.15, 0.2) is 5.82 Å². The van der Waals surface area contributed by atoms with E-state index < -0.39 is 3.79 Å². The van der Waals surface area contributed by atoms with Crippen LogP contribution in [0, 0.1) is 0 Å². The van der Waals surface area contributed by atoms with E-state index in [1.165, 1.54) is 0 Å². The summed E-state index contributed by atoms with van der Waals surface area (Å²) < 4.78 is 5.07. The Labute approximate surface area is 150 Å². The molecule has 0 N–H and O–H groups in total. The summed E-state index contributed by atoms with van der Waals surface area (Å²) in [5.41, 5.74) is 0.644. The molecular formula is C15H8BrCl3N2O. The lowest BCUT2D eigenvalue weighted by molar-refractivity contribution is 0.465. The molecule has 3 nitrogen and oxygen atoms in total. The van der Waals surface area contributed by atoms with Crippen molar-refractivity contribution in [1.82, 2.24) is 9.97 Å². The summed E-state index contributed by atoms with van der Waals surface area (Å²) in [6.45, 7) is 0. The lowest BCUT2D eigenvalue weighted by atomic mass is 10.2. The van der Waals surface area contributed by atoms with E-state index in [4.69, 9.17) is 39.5 Å². The smallest absolute Gasteiger partial charge is 0.250 e. The van der Waals surface area contributed by atoms with Crippen molar-refractivity contribution < 1.29 is 4.74 Å². The molecule has 0 fully saturated rings. The Morgan fingerprint density at radius 1 is 0.909 bits per heavy atom. The third-order valence-corrected chi connectivity index (χ3v) is 3.89. The van der Waals surface area contributed by atoms with E-state index in [1.54, 1.807) is 0 Å². The van der Waals surface area contributed by atoms with Crippen LogP contribution in [0.4, 0.5) is 0 Å². The van der Waals surface area contributed by atoms with E-state index >= 15 is 0 Å². The highest BCUT2D eigenvalue weighted by Gasteiger charge is 2.28. The first-order valence-corrected chi connectivity index (χ1v) is 8.13. The van der Waals surface area contributed by atoms with Crippen molar-refractivity contribution in [3.63, 3.8) is 0 Å². The highest BCUT2D eigenvalue weighted by atomic mass is 79.9. The first-order valence-electron chi connectivity index (χ1n) is 6.21. The van der Waals surface area contributed by atoms with Crippen LogP contribution in [0.15, 0.2) is 53.0 Å². The zero-order chi connectivity index (χ0) is 15.7. The van der Waals surface area contributed by atoms with Gasteiger partial charge in [-0.2, -0.15) is 4.98 Å². The SMILES string of the molecule is ClC(Cl)(Cl)c1nc(Oc2ccc(Br)cc2)c2ccccc2n1. The van der Waals surface area contributed by atoms with Gasteiger partial charge in [0.1, 0.15) is 5.75 Å². The molecule has 22 heavy (non-hydrogen) atoms. The minimum Gasteiger partial charge on any atom is -0.438 e. The van der Waals surface area contributed by atoms with Crippen LogP contribution in [0.3, 0.4) is 0 Å². The largest absolute Gasteiger partial charge is 0.438 e. The van der Waals surface area contributed by atoms with Crippen LogP contribution in [0.5, 0.6) is 11.6 Å². The molecule has 0 aliphatic heterocycles. The third-order valence-electron chi connectivity index (χ3n) is 2.85. The molecule has 0 spiro atoms. The average molecular weight is 419 g/mol. The molecule has 1 heterocycles. The number of hydrogen-bond donors (Lipinski definition) is 0. The quantitative estimate of drug-likeness (QED) is 0.478. The summed E-state index contributed by atoms with van der Waals surface area (Å²) in [5, 5.41) is 0.739. The van der Waals surface area contributed by atoms with Crippen molar-refractivity contribution in [2.75, 3.05) is 0 Å². The lowest BCUT2D eigenvalue weighted by Gasteiger charge is -2.13. The van der Waals surface area contributed by atoms with Crippen LogP contribution in [0.25, 0.3) is 10.9 Å². The van der Waals surface area contributed by atoms with Gasteiger partial charge in [-0.25, -0.2) is 4.98 Å². The minimum absolute atomic E-state index is 0.0725. The number of alkyl halides is 3. The monoisotopic (exact) mass is 416 g/mol. The first kappa shape index (κ1) is 15.8. The molecule has 0 aliphatic rings. The van der Waals surface area contributed by atoms with E-state index in [1.807, 2.05) is 48.5 Å². The van der Waals surface area contributed by atoms with Crippen molar-refractivity contribution in [3.05, 3.63) is 58.8 Å². The average Bonchev–Trinajstić information content (AvgIpc) is 2.48. The van der Waals surface area contributed by atoms with E-state index in [0.717, 1.165) is 9.86 Å². The Bertz CT molecular complexity index is 819. The van der Waals surface area contributed by atoms with Gasteiger partial charge >= 0.3 is 0 Å². The number of hydrogen-bond acceptors (Lipinski definition) is 3. The van der Waals surface area contributed by atoms with Crippen LogP contribution in [-0.4, -0.2) is 9.97 Å². The fourth-order valence-corrected chi connectivity index (χ4v) is 2.38. The van der Waals surface area contributed by atoms with Gasteiger partial charge in [0.25, 0.3) is 0 Å². The van der Waals surface area contributed by atoms with E-state index in [9.17, 15) is 0 Å². The van der Waals surface area contributed by atoms with Gasteiger partial charge in [-0.1, -0.05) is 62.9 Å². The van der Waals surface area contributed by atoms with Gasteiger partial charge in [-0.05, 0) is 36.4 Å². The summed E-state index contributed by atoms with van der Waals surface area (Å²) in [5.74, 6) is 1.04. The summed E-state index contributed by atoms with van der Waals surface area (Å²) in [4.78, 5) is 8.52. The molecule has 2 aromatic carbocycles. The van der Waals surface area contributed by atoms with Crippen LogP contribution < -0.4 is 4.74 Å². The van der Waals surface area contributed by atoms with Crippen molar-refractivity contribution in [2.24, 2.45) is 0 Å². The van der Waals surface area contributed by atoms with Gasteiger partial charge in [0, 0.05) is 4.47 Å². The number of rotatable bonds is 2. The summed E-state index contributed by atoms with van der Waals surface area (Å²) in [7, 11) is 0. The predicted octanol–water partition coefficient (Wildman–Crippen LogP) is 6.01. The molecule has 3 aromatic rings. The molecular weight excluding hydrogens is 410 g/mol. The zero-order valence-corrected chi connectivity index (χ0v) is 14.8. The second-order valence-corrected chi connectivity index (χ2v) is 7.62. The van der Waals surface area contributed by atoms with E-state index in [0.29, 0.717) is 17.1 Å². The molecule has 0 amide bonds. The number of para-hydroxylation sites is 1. The molecule has 0 bridgehead atoms. The van der Waals surface area contributed by atoms with E-state index in [-0.39, 0.29) is 5.82 Å². The number of halogens is 4. The Hall–Kier alpha value is -1.07. The Morgan fingerprint density at radius 2 is 1.59 bits per heavy atom. The van der Waals surface area contributed by atoms with Gasteiger partial charge in [0.2, 0.25) is 9.67 Å². The lowest BCUT2D eigenvalue weighted by Crippen LogP contribution is -2.08. The van der Waals surface area contributed by atoms with Gasteiger partial charge in [0.05, 0.1) is 10.9 Å². The third kappa shape index (κ3) is 3.46.